The number of hydrogen-bond acceptors (Lipinski definition) is 6. The van der Waals surface area contributed by atoms with Crippen LogP contribution in [0.25, 0.3) is 0 Å². The third kappa shape index (κ3) is 8.64. The van der Waals surface area contributed by atoms with Crippen LogP contribution in [-0.2, 0) is 42.3 Å². The molecular weight excluding hydrogens is 535 g/mol. The number of nitrogens with zero attached hydrogens (tertiary/aromatic N) is 6. The van der Waals surface area contributed by atoms with Crippen molar-refractivity contribution >= 4 is 58.6 Å². The third-order valence-corrected chi connectivity index (χ3v) is 5.86. The summed E-state index contributed by atoms with van der Waals surface area (Å²) in [5, 5.41) is 19.3. The van der Waals surface area contributed by atoms with Crippen LogP contribution in [0.1, 0.15) is 38.8 Å². The Morgan fingerprint density at radius 2 is 1.03 bits per heavy atom. The maximum atomic E-state index is 6.13. The van der Waals surface area contributed by atoms with Crippen LogP contribution in [0.2, 0.25) is 5.02 Å². The molecule has 0 unspecified atom stereocenters. The minimum Gasteiger partial charge on any atom is -0.741 e. The topological polar surface area (TPSA) is 55.9 Å². The van der Waals surface area contributed by atoms with E-state index in [1.54, 1.807) is 12.1 Å². The Hall–Kier alpha value is -2.03. The van der Waals surface area contributed by atoms with Crippen LogP contribution in [0.5, 0.6) is 0 Å². The Labute approximate surface area is 229 Å². The van der Waals surface area contributed by atoms with Crippen molar-refractivity contribution in [2.24, 2.45) is 20.4 Å². The first-order valence-corrected chi connectivity index (χ1v) is 12.1. The SMILES string of the molecule is CCN(CC)/C([S-])=N/N=C(/C(=N/N=C(\[S-])N(CC)CC)c1ccc(Cl)cc1)c1ccccc1.[Cu+2]. The van der Waals surface area contributed by atoms with Gasteiger partial charge in [0, 0.05) is 52.7 Å². The van der Waals surface area contributed by atoms with Crippen LogP contribution < -0.4 is 0 Å². The fourth-order valence-electron chi connectivity index (χ4n) is 2.99. The van der Waals surface area contributed by atoms with E-state index in [1.807, 2.05) is 80.0 Å². The quantitative estimate of drug-likeness (QED) is 0.142. The molecule has 185 valence electrons. The van der Waals surface area contributed by atoms with E-state index in [0.717, 1.165) is 37.3 Å². The largest absolute Gasteiger partial charge is 2.00 e. The van der Waals surface area contributed by atoms with E-state index in [2.05, 4.69) is 20.4 Å². The second-order valence-corrected chi connectivity index (χ2v) is 8.05. The molecule has 0 aliphatic rings. The normalized spacial score (nSPS) is 12.9. The van der Waals surface area contributed by atoms with Gasteiger partial charge in [0.25, 0.3) is 0 Å². The molecule has 2 rings (SSSR count). The van der Waals surface area contributed by atoms with Gasteiger partial charge in [-0.05, 0) is 39.8 Å². The van der Waals surface area contributed by atoms with Gasteiger partial charge in [0.15, 0.2) is 0 Å². The monoisotopic (exact) mass is 563 g/mol. The first kappa shape index (κ1) is 30.0. The zero-order chi connectivity index (χ0) is 24.2. The number of benzene rings is 2. The fourth-order valence-corrected chi connectivity index (χ4v) is 3.71. The molecule has 0 aliphatic heterocycles. The Kier molecular flexibility index (Phi) is 13.9. The van der Waals surface area contributed by atoms with E-state index in [4.69, 9.17) is 36.9 Å². The summed E-state index contributed by atoms with van der Waals surface area (Å²) in [6.07, 6.45) is 0. The predicted octanol–water partition coefficient (Wildman–Crippen LogP) is 4.94. The molecule has 0 amide bonds. The number of rotatable bonds is 9. The van der Waals surface area contributed by atoms with Gasteiger partial charge in [0.2, 0.25) is 0 Å². The molecule has 0 aliphatic carbocycles. The standard InChI is InChI=1S/C24H31ClN6S2.Cu/c1-5-30(6-2)23(32)28-26-21(18-12-10-9-11-13-18)22(19-14-16-20(25)17-15-19)27-29-24(33)31(7-3)8-4;/h9-17H,5-8H2,1-4H3,(H,28,32)(H,29,33);/q;+2/p-2/b26-21+,27-22+;. The molecule has 0 N–H and O–H groups in total. The van der Waals surface area contributed by atoms with Crippen LogP contribution in [0.4, 0.5) is 0 Å². The molecule has 2 aromatic rings. The van der Waals surface area contributed by atoms with Gasteiger partial charge in [-0.1, -0.05) is 54.1 Å². The molecule has 0 bridgehead atoms. The van der Waals surface area contributed by atoms with E-state index in [0.29, 0.717) is 26.8 Å². The van der Waals surface area contributed by atoms with E-state index in [1.165, 1.54) is 0 Å². The van der Waals surface area contributed by atoms with Gasteiger partial charge in [0.05, 0.1) is 0 Å². The predicted molar refractivity (Wildman–Crippen MR) is 146 cm³/mol. The van der Waals surface area contributed by atoms with E-state index < -0.39 is 0 Å². The molecule has 10 heteroatoms. The third-order valence-electron chi connectivity index (χ3n) is 4.93. The second kappa shape index (κ2) is 15.8. The van der Waals surface area contributed by atoms with Crippen molar-refractivity contribution < 1.29 is 17.1 Å². The summed E-state index contributed by atoms with van der Waals surface area (Å²) in [6.45, 7) is 11.1. The average molecular weight is 565 g/mol. The first-order valence-electron chi connectivity index (χ1n) is 10.9. The van der Waals surface area contributed by atoms with Crippen LogP contribution >= 0.6 is 11.6 Å². The Morgan fingerprint density at radius 3 is 1.41 bits per heavy atom. The molecule has 1 radical (unpaired) electrons. The van der Waals surface area contributed by atoms with Gasteiger partial charge in [-0.15, -0.1) is 10.2 Å². The van der Waals surface area contributed by atoms with Gasteiger partial charge in [-0.2, -0.15) is 10.2 Å². The van der Waals surface area contributed by atoms with Crippen LogP contribution in [0.3, 0.4) is 0 Å². The summed E-state index contributed by atoms with van der Waals surface area (Å²) in [6, 6.07) is 17.1. The summed E-state index contributed by atoms with van der Waals surface area (Å²) in [5.41, 5.74) is 2.69. The fraction of sp³-hybridized carbons (Fsp3) is 0.333. The van der Waals surface area contributed by atoms with E-state index in [9.17, 15) is 0 Å². The van der Waals surface area contributed by atoms with E-state index >= 15 is 0 Å². The van der Waals surface area contributed by atoms with Crippen molar-refractivity contribution in [2.45, 2.75) is 27.7 Å². The van der Waals surface area contributed by atoms with Gasteiger partial charge in [0.1, 0.15) is 11.4 Å². The maximum Gasteiger partial charge on any atom is 2.00 e. The van der Waals surface area contributed by atoms with Crippen LogP contribution in [0.15, 0.2) is 75.0 Å². The van der Waals surface area contributed by atoms with Crippen LogP contribution in [-0.4, -0.2) is 57.7 Å². The Morgan fingerprint density at radius 1 is 0.647 bits per heavy atom. The maximum absolute atomic E-state index is 6.13. The molecule has 2 aromatic carbocycles. The van der Waals surface area contributed by atoms with Crippen molar-refractivity contribution in [1.82, 2.24) is 9.80 Å². The molecule has 0 heterocycles. The minimum absolute atomic E-state index is 0. The summed E-state index contributed by atoms with van der Waals surface area (Å²) in [5.74, 6) is 0. The van der Waals surface area contributed by atoms with Crippen molar-refractivity contribution in [3.63, 3.8) is 0 Å². The van der Waals surface area contributed by atoms with Crippen LogP contribution in [0, 0.1) is 0 Å². The molecule has 0 saturated heterocycles. The Bertz CT molecular complexity index is 1000. The second-order valence-electron chi connectivity index (χ2n) is 6.88. The molecule has 0 spiro atoms. The summed E-state index contributed by atoms with van der Waals surface area (Å²) in [7, 11) is 0. The molecule has 6 nitrogen and oxygen atoms in total. The van der Waals surface area contributed by atoms with Crippen molar-refractivity contribution in [3.05, 3.63) is 70.7 Å². The molecule has 0 saturated carbocycles. The zero-order valence-electron chi connectivity index (χ0n) is 19.7. The van der Waals surface area contributed by atoms with Gasteiger partial charge >= 0.3 is 17.1 Å². The van der Waals surface area contributed by atoms with Gasteiger partial charge in [-0.25, -0.2) is 0 Å². The summed E-state index contributed by atoms with van der Waals surface area (Å²) >= 11 is 17.1. The summed E-state index contributed by atoms with van der Waals surface area (Å²) in [4.78, 5) is 3.91. The summed E-state index contributed by atoms with van der Waals surface area (Å²) < 4.78 is 0. The molecule has 0 atom stereocenters. The first-order chi connectivity index (χ1) is 15.9. The van der Waals surface area contributed by atoms with Gasteiger partial charge in [-0.3, -0.25) is 0 Å². The zero-order valence-corrected chi connectivity index (χ0v) is 23.0. The van der Waals surface area contributed by atoms with Crippen molar-refractivity contribution in [3.8, 4) is 0 Å². The average Bonchev–Trinajstić information content (AvgIpc) is 2.84. The van der Waals surface area contributed by atoms with Crippen molar-refractivity contribution in [2.75, 3.05) is 26.2 Å². The smallest absolute Gasteiger partial charge is 0.741 e. The Balaban J connectivity index is 0.00000578. The number of amidine groups is 2. The molecular formula is C24H29ClCuN6S2. The number of halogens is 1. The number of hydrogen-bond donors (Lipinski definition) is 0. The van der Waals surface area contributed by atoms with E-state index in [-0.39, 0.29) is 17.1 Å². The van der Waals surface area contributed by atoms with Crippen molar-refractivity contribution in [1.29, 1.82) is 0 Å². The molecule has 0 aromatic heterocycles. The minimum atomic E-state index is 0. The van der Waals surface area contributed by atoms with Gasteiger partial charge < -0.3 is 35.1 Å². The molecule has 0 fully saturated rings. The molecule has 34 heavy (non-hydrogen) atoms.